The Morgan fingerprint density at radius 3 is 1.62 bits per heavy atom. The topological polar surface area (TPSA) is 69.9 Å². The maximum atomic E-state index is 9.45. The Morgan fingerprint density at radius 2 is 1.50 bits per heavy atom. The van der Waals surface area contributed by atoms with Gasteiger partial charge in [-0.15, -0.1) is 0 Å². The maximum Gasteiger partial charge on any atom is 0.634 e. The van der Waals surface area contributed by atoms with Gasteiger partial charge in [0.1, 0.15) is 0 Å². The fourth-order valence-corrected chi connectivity index (χ4v) is 0.997. The van der Waals surface area contributed by atoms with Gasteiger partial charge in [-0.25, -0.2) is 0 Å². The van der Waals surface area contributed by atoms with Crippen LogP contribution in [0.5, 0.6) is 0 Å². The summed E-state index contributed by atoms with van der Waals surface area (Å²) in [6.45, 7) is 6.23. The van der Waals surface area contributed by atoms with Crippen LogP contribution in [0.25, 0.3) is 0 Å². The largest absolute Gasteiger partial charge is 0.634 e. The van der Waals surface area contributed by atoms with Crippen molar-refractivity contribution in [3.8, 4) is 0 Å². The molecule has 0 amide bonds. The maximum absolute atomic E-state index is 9.45. The lowest BCUT2D eigenvalue weighted by molar-refractivity contribution is -0.109. The molecule has 16 heavy (non-hydrogen) atoms. The van der Waals surface area contributed by atoms with Gasteiger partial charge in [-0.05, 0) is 47.0 Å². The fourth-order valence-electron chi connectivity index (χ4n) is 0.997. The predicted molar refractivity (Wildman–Crippen MR) is 64.6 cm³/mol. The summed E-state index contributed by atoms with van der Waals surface area (Å²) in [4.78, 5) is 0. The third-order valence-electron chi connectivity index (χ3n) is 2.78. The second kappa shape index (κ2) is 6.40. The Morgan fingerprint density at radius 1 is 1.06 bits per heavy atom. The minimum absolute atomic E-state index is 0.985. The van der Waals surface area contributed by atoms with E-state index in [1.54, 1.807) is 13.8 Å². The van der Waals surface area contributed by atoms with E-state index < -0.39 is 18.5 Å². The quantitative estimate of drug-likeness (QED) is 0.504. The highest BCUT2D eigenvalue weighted by atomic mass is 16.6. The molecule has 0 aliphatic heterocycles. The third-order valence-corrected chi connectivity index (χ3v) is 2.78. The van der Waals surface area contributed by atoms with Crippen LogP contribution in [0, 0.1) is 0 Å². The van der Waals surface area contributed by atoms with E-state index >= 15 is 0 Å². The molecule has 3 N–H and O–H groups in total. The van der Waals surface area contributed by atoms with Gasteiger partial charge in [0.05, 0.1) is 11.2 Å². The number of hydrogen-bond acceptors (Lipinski definition) is 4. The van der Waals surface area contributed by atoms with Crippen LogP contribution in [-0.2, 0) is 4.65 Å². The van der Waals surface area contributed by atoms with Gasteiger partial charge in [0.15, 0.2) is 0 Å². The zero-order valence-corrected chi connectivity index (χ0v) is 10.6. The van der Waals surface area contributed by atoms with Crippen molar-refractivity contribution in [1.82, 2.24) is 0 Å². The van der Waals surface area contributed by atoms with E-state index in [1.165, 1.54) is 33.1 Å². The smallest absolute Gasteiger partial charge is 0.402 e. The minimum Gasteiger partial charge on any atom is -0.402 e. The molecular weight excluding hydrogens is 207 g/mol. The van der Waals surface area contributed by atoms with E-state index in [9.17, 15) is 5.11 Å². The van der Waals surface area contributed by atoms with Gasteiger partial charge in [0, 0.05) is 0 Å². The first-order valence-electron chi connectivity index (χ1n) is 5.58. The Balaban J connectivity index is 0.000000368. The number of rotatable bonds is 3. The Labute approximate surface area is 98.1 Å². The summed E-state index contributed by atoms with van der Waals surface area (Å²) in [5, 5.41) is 26.4. The summed E-state index contributed by atoms with van der Waals surface area (Å²) < 4.78 is 4.66. The molecule has 5 heteroatoms. The molecule has 0 saturated carbocycles. The summed E-state index contributed by atoms with van der Waals surface area (Å²) >= 11 is 0. The highest BCUT2D eigenvalue weighted by Crippen LogP contribution is 2.24. The lowest BCUT2D eigenvalue weighted by Gasteiger charge is -2.37. The van der Waals surface area contributed by atoms with E-state index in [2.05, 4.69) is 16.8 Å². The molecule has 0 heterocycles. The minimum atomic E-state index is -1.85. The summed E-state index contributed by atoms with van der Waals surface area (Å²) in [7, 11) is -1.85. The van der Waals surface area contributed by atoms with E-state index in [-0.39, 0.29) is 0 Å². The van der Waals surface area contributed by atoms with E-state index in [1.807, 2.05) is 0 Å². The summed E-state index contributed by atoms with van der Waals surface area (Å²) in [5.41, 5.74) is -2.10. The molecule has 4 nitrogen and oxygen atoms in total. The van der Waals surface area contributed by atoms with Crippen LogP contribution in [0.2, 0.25) is 0 Å². The third kappa shape index (κ3) is 6.28. The average Bonchev–Trinajstić information content (AvgIpc) is 2.54. The van der Waals surface area contributed by atoms with Crippen LogP contribution in [0.4, 0.5) is 0 Å². The monoisotopic (exact) mass is 230 g/mol. The predicted octanol–water partition coefficient (Wildman–Crippen LogP) is 1.25. The standard InChI is InChI=1S/C6H15BO4.C5H8/c1-5(2,8)6(3,4)11-7(9)10;1-2-4-5-3-1/h8-10H,1-4H3;1-2H,3-5H2. The van der Waals surface area contributed by atoms with Crippen molar-refractivity contribution >= 4 is 7.32 Å². The van der Waals surface area contributed by atoms with E-state index in [4.69, 9.17) is 10.0 Å². The SMILES string of the molecule is C1=CCCC1.CC(C)(O)C(C)(C)OB(O)O. The molecule has 94 valence electrons. The molecule has 0 aromatic rings. The summed E-state index contributed by atoms with van der Waals surface area (Å²) in [6, 6.07) is 0. The van der Waals surface area contributed by atoms with Crippen molar-refractivity contribution in [2.75, 3.05) is 0 Å². The molecule has 1 rings (SSSR count). The molecule has 1 aliphatic rings. The lowest BCUT2D eigenvalue weighted by Crippen LogP contribution is -2.50. The van der Waals surface area contributed by atoms with E-state index in [0.29, 0.717) is 0 Å². The van der Waals surface area contributed by atoms with Crippen LogP contribution in [0.3, 0.4) is 0 Å². The molecule has 0 saturated heterocycles. The highest BCUT2D eigenvalue weighted by molar-refractivity contribution is 6.32. The average molecular weight is 230 g/mol. The van der Waals surface area contributed by atoms with Gasteiger partial charge in [-0.3, -0.25) is 0 Å². The molecule has 0 unspecified atom stereocenters. The Bertz CT molecular complexity index is 213. The molecule has 0 atom stereocenters. The van der Waals surface area contributed by atoms with Crippen LogP contribution in [0.1, 0.15) is 47.0 Å². The van der Waals surface area contributed by atoms with Crippen molar-refractivity contribution in [3.05, 3.63) is 12.2 Å². The summed E-state index contributed by atoms with van der Waals surface area (Å²) in [5.74, 6) is 0. The molecule has 0 spiro atoms. The zero-order valence-electron chi connectivity index (χ0n) is 10.6. The van der Waals surface area contributed by atoms with Crippen molar-refractivity contribution in [2.24, 2.45) is 0 Å². The van der Waals surface area contributed by atoms with Gasteiger partial charge in [-0.2, -0.15) is 0 Å². The lowest BCUT2D eigenvalue weighted by atomic mass is 9.88. The van der Waals surface area contributed by atoms with Crippen molar-refractivity contribution in [1.29, 1.82) is 0 Å². The second-order valence-corrected chi connectivity index (χ2v) is 4.92. The Hall–Kier alpha value is -0.355. The number of hydrogen-bond donors (Lipinski definition) is 3. The zero-order chi connectivity index (χ0) is 12.8. The van der Waals surface area contributed by atoms with Crippen LogP contribution >= 0.6 is 0 Å². The van der Waals surface area contributed by atoms with Gasteiger partial charge in [0.2, 0.25) is 0 Å². The fraction of sp³-hybridized carbons (Fsp3) is 0.818. The molecule has 1 aliphatic carbocycles. The van der Waals surface area contributed by atoms with Crippen LogP contribution in [-0.4, -0.2) is 33.7 Å². The van der Waals surface area contributed by atoms with Crippen molar-refractivity contribution < 1.29 is 19.8 Å². The summed E-state index contributed by atoms with van der Waals surface area (Å²) in [6.07, 6.45) is 8.50. The van der Waals surface area contributed by atoms with E-state index in [0.717, 1.165) is 0 Å². The Kier molecular flexibility index (Phi) is 6.26. The second-order valence-electron chi connectivity index (χ2n) is 4.92. The number of allylic oxidation sites excluding steroid dienone is 2. The van der Waals surface area contributed by atoms with Crippen molar-refractivity contribution in [2.45, 2.75) is 58.2 Å². The van der Waals surface area contributed by atoms with Gasteiger partial charge in [-0.1, -0.05) is 12.2 Å². The molecule has 0 bridgehead atoms. The van der Waals surface area contributed by atoms with Gasteiger partial charge < -0.3 is 19.8 Å². The van der Waals surface area contributed by atoms with Crippen LogP contribution < -0.4 is 0 Å². The molecule has 0 aromatic carbocycles. The molecule has 0 fully saturated rings. The molecular formula is C11H23BO4. The van der Waals surface area contributed by atoms with Crippen LogP contribution in [0.15, 0.2) is 12.2 Å². The molecule has 0 aromatic heterocycles. The first-order chi connectivity index (χ1) is 7.17. The first kappa shape index (κ1) is 15.6. The first-order valence-corrected chi connectivity index (χ1v) is 5.58. The highest BCUT2D eigenvalue weighted by Gasteiger charge is 2.38. The van der Waals surface area contributed by atoms with Gasteiger partial charge >= 0.3 is 7.32 Å². The normalized spacial score (nSPS) is 15.7. The van der Waals surface area contributed by atoms with Gasteiger partial charge in [0.25, 0.3) is 0 Å². The molecule has 0 radical (unpaired) electrons. The number of aliphatic hydroxyl groups is 1. The van der Waals surface area contributed by atoms with Crippen molar-refractivity contribution in [3.63, 3.8) is 0 Å².